The summed E-state index contributed by atoms with van der Waals surface area (Å²) in [6, 6.07) is 6.08. The number of carboxylic acids is 1. The number of carbonyl (C=O) groups is 1. The molecule has 0 atom stereocenters. The first kappa shape index (κ1) is 10.7. The van der Waals surface area contributed by atoms with Crippen LogP contribution in [0.25, 0.3) is 0 Å². The number of hydrogen-bond donors (Lipinski definition) is 1. The van der Waals surface area contributed by atoms with Crippen LogP contribution in [0, 0.1) is 0 Å². The number of sulfone groups is 1. The van der Waals surface area contributed by atoms with E-state index in [0.29, 0.717) is 5.56 Å². The highest BCUT2D eigenvalue weighted by Crippen LogP contribution is 2.11. The Bertz CT molecular complexity index is 448. The summed E-state index contributed by atoms with van der Waals surface area (Å²) in [5.41, 5.74) is 0.362. The first-order valence-electron chi connectivity index (χ1n) is 3.89. The summed E-state index contributed by atoms with van der Waals surface area (Å²) in [4.78, 5) is 10.7. The molecule has 1 aromatic rings. The van der Waals surface area contributed by atoms with Gasteiger partial charge in [0.1, 0.15) is 0 Å². The fourth-order valence-electron chi connectivity index (χ4n) is 1.14. The summed E-state index contributed by atoms with van der Waals surface area (Å²) in [6.45, 7) is 0. The van der Waals surface area contributed by atoms with Crippen LogP contribution in [-0.2, 0) is 15.6 Å². The highest BCUT2D eigenvalue weighted by Gasteiger charge is 2.12. The van der Waals surface area contributed by atoms with Crippen LogP contribution < -0.4 is 0 Å². The van der Waals surface area contributed by atoms with Gasteiger partial charge in [0, 0.05) is 6.26 Å². The molecule has 0 saturated heterocycles. The Balaban J connectivity index is 3.15. The van der Waals surface area contributed by atoms with Crippen LogP contribution in [0.5, 0.6) is 0 Å². The molecule has 0 heterocycles. The van der Waals surface area contributed by atoms with E-state index < -0.39 is 15.8 Å². The maximum absolute atomic E-state index is 11.0. The van der Waals surface area contributed by atoms with Crippen LogP contribution >= 0.6 is 0 Å². The summed E-state index contributed by atoms with van der Waals surface area (Å²) in [7, 11) is -3.20. The normalized spacial score (nSPS) is 11.2. The number of aromatic carboxylic acids is 1. The highest BCUT2D eigenvalue weighted by molar-refractivity contribution is 7.89. The van der Waals surface area contributed by atoms with Crippen molar-refractivity contribution >= 4 is 15.8 Å². The van der Waals surface area contributed by atoms with Crippen LogP contribution in [0.4, 0.5) is 0 Å². The minimum Gasteiger partial charge on any atom is -0.478 e. The van der Waals surface area contributed by atoms with E-state index >= 15 is 0 Å². The van der Waals surface area contributed by atoms with E-state index in [-0.39, 0.29) is 11.3 Å². The summed E-state index contributed by atoms with van der Waals surface area (Å²) in [5, 5.41) is 8.77. The van der Waals surface area contributed by atoms with Crippen molar-refractivity contribution in [3.8, 4) is 0 Å². The Hall–Kier alpha value is -1.36. The second-order valence-electron chi connectivity index (χ2n) is 3.03. The SMILES string of the molecule is CS(=O)(=O)Cc1ccccc1C(=O)O. The molecular formula is C9H10O4S. The van der Waals surface area contributed by atoms with Crippen molar-refractivity contribution in [2.45, 2.75) is 5.75 Å². The molecule has 0 fully saturated rings. The molecule has 0 amide bonds. The molecule has 0 bridgehead atoms. The standard InChI is InChI=1S/C9H10O4S/c1-14(12,13)6-7-4-2-3-5-8(7)9(10)11/h2-5H,6H2,1H3,(H,10,11). The molecule has 14 heavy (non-hydrogen) atoms. The van der Waals surface area contributed by atoms with Crippen molar-refractivity contribution in [2.24, 2.45) is 0 Å². The lowest BCUT2D eigenvalue weighted by Gasteiger charge is -2.03. The molecule has 0 aliphatic carbocycles. The van der Waals surface area contributed by atoms with Gasteiger partial charge in [0.05, 0.1) is 11.3 Å². The van der Waals surface area contributed by atoms with Crippen LogP contribution in [0.1, 0.15) is 15.9 Å². The van der Waals surface area contributed by atoms with Gasteiger partial charge < -0.3 is 5.11 Å². The van der Waals surface area contributed by atoms with Gasteiger partial charge in [-0.2, -0.15) is 0 Å². The van der Waals surface area contributed by atoms with Crippen molar-refractivity contribution < 1.29 is 18.3 Å². The van der Waals surface area contributed by atoms with Gasteiger partial charge in [-0.3, -0.25) is 0 Å². The fraction of sp³-hybridized carbons (Fsp3) is 0.222. The van der Waals surface area contributed by atoms with Gasteiger partial charge in [0.25, 0.3) is 0 Å². The zero-order valence-corrected chi connectivity index (χ0v) is 8.41. The topological polar surface area (TPSA) is 71.4 Å². The average Bonchev–Trinajstić information content (AvgIpc) is 2.01. The van der Waals surface area contributed by atoms with Crippen molar-refractivity contribution in [1.82, 2.24) is 0 Å². The number of carboxylic acid groups (broad SMARTS) is 1. The number of rotatable bonds is 3. The lowest BCUT2D eigenvalue weighted by molar-refractivity contribution is 0.0696. The summed E-state index contributed by atoms with van der Waals surface area (Å²) in [5.74, 6) is -1.35. The molecule has 1 N–H and O–H groups in total. The fourth-order valence-corrected chi connectivity index (χ4v) is 1.95. The van der Waals surface area contributed by atoms with Crippen molar-refractivity contribution in [1.29, 1.82) is 0 Å². The van der Waals surface area contributed by atoms with Gasteiger partial charge in [0.2, 0.25) is 0 Å². The minimum atomic E-state index is -3.20. The highest BCUT2D eigenvalue weighted by atomic mass is 32.2. The second kappa shape index (κ2) is 3.79. The zero-order valence-electron chi connectivity index (χ0n) is 7.60. The molecule has 0 aliphatic heterocycles. The third-order valence-corrected chi connectivity index (χ3v) is 2.50. The monoisotopic (exact) mass is 214 g/mol. The van der Waals surface area contributed by atoms with Crippen LogP contribution in [0.2, 0.25) is 0 Å². The average molecular weight is 214 g/mol. The Labute approximate surface area is 82.1 Å². The first-order valence-corrected chi connectivity index (χ1v) is 5.95. The zero-order chi connectivity index (χ0) is 10.8. The molecule has 0 spiro atoms. The van der Waals surface area contributed by atoms with E-state index in [1.807, 2.05) is 0 Å². The van der Waals surface area contributed by atoms with Crippen LogP contribution in [0.15, 0.2) is 24.3 Å². The van der Waals surface area contributed by atoms with Crippen LogP contribution in [0.3, 0.4) is 0 Å². The Morgan fingerprint density at radius 3 is 2.43 bits per heavy atom. The Kier molecular flexibility index (Phi) is 2.90. The predicted molar refractivity (Wildman–Crippen MR) is 51.9 cm³/mol. The molecule has 76 valence electrons. The minimum absolute atomic E-state index is 0.0397. The molecule has 1 rings (SSSR count). The third-order valence-electron chi connectivity index (χ3n) is 1.67. The quantitative estimate of drug-likeness (QED) is 0.812. The lowest BCUT2D eigenvalue weighted by atomic mass is 10.1. The van der Waals surface area contributed by atoms with Gasteiger partial charge >= 0.3 is 5.97 Å². The second-order valence-corrected chi connectivity index (χ2v) is 5.17. The van der Waals surface area contributed by atoms with Gasteiger partial charge in [-0.15, -0.1) is 0 Å². The summed E-state index contributed by atoms with van der Waals surface area (Å²) < 4.78 is 22.0. The van der Waals surface area contributed by atoms with E-state index in [2.05, 4.69) is 0 Å². The number of hydrogen-bond acceptors (Lipinski definition) is 3. The van der Waals surface area contributed by atoms with Gasteiger partial charge in [-0.05, 0) is 11.6 Å². The summed E-state index contributed by atoms with van der Waals surface area (Å²) >= 11 is 0. The third kappa shape index (κ3) is 2.85. The van der Waals surface area contributed by atoms with E-state index in [9.17, 15) is 13.2 Å². The van der Waals surface area contributed by atoms with E-state index in [4.69, 9.17) is 5.11 Å². The van der Waals surface area contributed by atoms with Gasteiger partial charge in [-0.25, -0.2) is 13.2 Å². The maximum Gasteiger partial charge on any atom is 0.335 e. The Morgan fingerprint density at radius 2 is 1.93 bits per heavy atom. The molecule has 0 unspecified atom stereocenters. The molecule has 1 aromatic carbocycles. The molecule has 0 aromatic heterocycles. The number of benzene rings is 1. The first-order chi connectivity index (χ1) is 6.40. The smallest absolute Gasteiger partial charge is 0.335 e. The predicted octanol–water partition coefficient (Wildman–Crippen LogP) is 0.929. The van der Waals surface area contributed by atoms with E-state index in [1.54, 1.807) is 12.1 Å². The molecular weight excluding hydrogens is 204 g/mol. The van der Waals surface area contributed by atoms with E-state index in [0.717, 1.165) is 6.26 Å². The molecule has 4 nitrogen and oxygen atoms in total. The summed E-state index contributed by atoms with van der Waals surface area (Å²) in [6.07, 6.45) is 1.08. The van der Waals surface area contributed by atoms with Gasteiger partial charge in [0.15, 0.2) is 9.84 Å². The van der Waals surface area contributed by atoms with Crippen molar-refractivity contribution in [2.75, 3.05) is 6.26 Å². The van der Waals surface area contributed by atoms with Gasteiger partial charge in [-0.1, -0.05) is 18.2 Å². The molecule has 5 heteroatoms. The van der Waals surface area contributed by atoms with Crippen LogP contribution in [-0.4, -0.2) is 25.7 Å². The lowest BCUT2D eigenvalue weighted by Crippen LogP contribution is -2.07. The van der Waals surface area contributed by atoms with E-state index in [1.165, 1.54) is 12.1 Å². The maximum atomic E-state index is 11.0. The Morgan fingerprint density at radius 1 is 1.36 bits per heavy atom. The molecule has 0 radical (unpaired) electrons. The molecule has 0 saturated carbocycles. The largest absolute Gasteiger partial charge is 0.478 e. The van der Waals surface area contributed by atoms with Crippen molar-refractivity contribution in [3.63, 3.8) is 0 Å². The molecule has 0 aliphatic rings. The van der Waals surface area contributed by atoms with Crippen molar-refractivity contribution in [3.05, 3.63) is 35.4 Å².